The lowest BCUT2D eigenvalue weighted by Gasteiger charge is -2.50. The van der Waals surface area contributed by atoms with Crippen molar-refractivity contribution in [1.29, 1.82) is 0 Å². The number of carbonyl (C=O) groups is 3. The number of amides is 5. The lowest BCUT2D eigenvalue weighted by atomic mass is 9.85. The molecule has 6 heterocycles. The second-order valence-electron chi connectivity index (χ2n) is 19.3. The Morgan fingerprint density at radius 2 is 1.04 bits per heavy atom. The number of rotatable bonds is 4. The third-order valence-electron chi connectivity index (χ3n) is 14.7. The Morgan fingerprint density at radius 1 is 0.623 bits per heavy atom. The highest BCUT2D eigenvalue weighted by Crippen LogP contribution is 2.37. The van der Waals surface area contributed by atoms with Crippen LogP contribution in [0, 0.1) is 0 Å². The molecule has 12 nitrogen and oxygen atoms in total. The largest absolute Gasteiger partial charge is 0.444 e. The van der Waals surface area contributed by atoms with Crippen LogP contribution in [0.15, 0.2) is 0 Å². The molecule has 6 saturated heterocycles. The summed E-state index contributed by atoms with van der Waals surface area (Å²) in [5.41, 5.74) is 0.0555. The molecule has 0 unspecified atom stereocenters. The number of hydrogen-bond donors (Lipinski definition) is 3. The van der Waals surface area contributed by atoms with Gasteiger partial charge in [-0.2, -0.15) is 0 Å². The van der Waals surface area contributed by atoms with Crippen molar-refractivity contribution < 1.29 is 19.1 Å². The summed E-state index contributed by atoms with van der Waals surface area (Å²) in [5.74, 6) is 0. The molecule has 8 aliphatic rings. The molecule has 3 N–H and O–H groups in total. The van der Waals surface area contributed by atoms with Crippen LogP contribution in [0.5, 0.6) is 0 Å². The smallest absolute Gasteiger partial charge is 0.410 e. The quantitative estimate of drug-likeness (QED) is 0.349. The fraction of sp³-hybridized carbons (Fsp3) is 0.927. The minimum Gasteiger partial charge on any atom is -0.444 e. The Kier molecular flexibility index (Phi) is 11.8. The molecule has 0 spiro atoms. The summed E-state index contributed by atoms with van der Waals surface area (Å²) in [6, 6.07) is 2.91. The fourth-order valence-corrected chi connectivity index (χ4v) is 11.3. The van der Waals surface area contributed by atoms with Gasteiger partial charge in [0, 0.05) is 62.4 Å². The summed E-state index contributed by atoms with van der Waals surface area (Å²) in [4.78, 5) is 49.1. The third-order valence-corrected chi connectivity index (χ3v) is 14.7. The summed E-state index contributed by atoms with van der Waals surface area (Å²) >= 11 is 0. The van der Waals surface area contributed by atoms with E-state index in [1.807, 2.05) is 25.7 Å². The molecule has 53 heavy (non-hydrogen) atoms. The van der Waals surface area contributed by atoms with Crippen molar-refractivity contribution in [2.45, 2.75) is 190 Å². The van der Waals surface area contributed by atoms with E-state index in [0.717, 1.165) is 104 Å². The second kappa shape index (κ2) is 16.0. The number of fused-ring (bicyclic) bond motifs is 2. The molecule has 2 saturated carbocycles. The van der Waals surface area contributed by atoms with Crippen LogP contribution in [0.1, 0.15) is 137 Å². The van der Waals surface area contributed by atoms with Crippen LogP contribution in [0.2, 0.25) is 0 Å². The van der Waals surface area contributed by atoms with Gasteiger partial charge in [0.1, 0.15) is 5.60 Å². The van der Waals surface area contributed by atoms with E-state index in [1.54, 1.807) is 0 Å². The van der Waals surface area contributed by atoms with E-state index < -0.39 is 5.60 Å². The molecule has 0 aromatic carbocycles. The van der Waals surface area contributed by atoms with Gasteiger partial charge in [-0.3, -0.25) is 9.80 Å². The van der Waals surface area contributed by atoms with E-state index in [-0.39, 0.29) is 23.7 Å². The maximum Gasteiger partial charge on any atom is 0.410 e. The molecule has 8 rings (SSSR count). The molecule has 0 bridgehead atoms. The van der Waals surface area contributed by atoms with Gasteiger partial charge in [0.05, 0.1) is 24.2 Å². The van der Waals surface area contributed by atoms with Gasteiger partial charge in [0.2, 0.25) is 0 Å². The van der Waals surface area contributed by atoms with Gasteiger partial charge in [0.15, 0.2) is 0 Å². The Hall–Kier alpha value is -2.31. The normalized spacial score (nSPS) is 33.0. The van der Waals surface area contributed by atoms with Crippen LogP contribution in [0.25, 0.3) is 0 Å². The predicted molar refractivity (Wildman–Crippen MR) is 208 cm³/mol. The Morgan fingerprint density at radius 3 is 1.47 bits per heavy atom. The van der Waals surface area contributed by atoms with Gasteiger partial charge in [0.25, 0.3) is 0 Å². The zero-order valence-corrected chi connectivity index (χ0v) is 33.8. The average Bonchev–Trinajstić information content (AvgIpc) is 3.67. The van der Waals surface area contributed by atoms with E-state index in [0.29, 0.717) is 41.8 Å². The van der Waals surface area contributed by atoms with E-state index in [4.69, 9.17) is 4.74 Å². The maximum absolute atomic E-state index is 12.6. The van der Waals surface area contributed by atoms with Gasteiger partial charge >= 0.3 is 18.2 Å². The first-order valence-corrected chi connectivity index (χ1v) is 21.7. The molecule has 0 aromatic heterocycles. The van der Waals surface area contributed by atoms with Crippen LogP contribution < -0.4 is 16.0 Å². The number of ether oxygens (including phenoxy) is 1. The van der Waals surface area contributed by atoms with Gasteiger partial charge in [-0.1, -0.05) is 25.7 Å². The fourth-order valence-electron chi connectivity index (χ4n) is 11.3. The molecule has 0 aromatic rings. The number of nitrogens with one attached hydrogen (secondary N) is 3. The molecule has 2 aliphatic carbocycles. The Labute approximate surface area is 319 Å². The van der Waals surface area contributed by atoms with E-state index in [1.165, 1.54) is 51.4 Å². The molecular weight excluding hydrogens is 669 g/mol. The number of nitrogens with zero attached hydrogens (tertiary/aromatic N) is 5. The van der Waals surface area contributed by atoms with Crippen molar-refractivity contribution in [3.05, 3.63) is 0 Å². The van der Waals surface area contributed by atoms with Crippen LogP contribution in [0.4, 0.5) is 14.4 Å². The summed E-state index contributed by atoms with van der Waals surface area (Å²) in [7, 11) is 0. The van der Waals surface area contributed by atoms with Crippen molar-refractivity contribution >= 4 is 18.2 Å². The monoisotopic (exact) mass is 741 g/mol. The zero-order valence-electron chi connectivity index (χ0n) is 33.8. The van der Waals surface area contributed by atoms with Crippen LogP contribution >= 0.6 is 0 Å². The van der Waals surface area contributed by atoms with Crippen LogP contribution in [0.3, 0.4) is 0 Å². The lowest BCUT2D eigenvalue weighted by molar-refractivity contribution is -0.0141. The van der Waals surface area contributed by atoms with Gasteiger partial charge in [-0.15, -0.1) is 0 Å². The third kappa shape index (κ3) is 8.59. The molecule has 8 fully saturated rings. The summed E-state index contributed by atoms with van der Waals surface area (Å²) < 4.78 is 5.55. The van der Waals surface area contributed by atoms with Crippen molar-refractivity contribution in [3.63, 3.8) is 0 Å². The Balaban J connectivity index is 0.000000170. The first-order valence-electron chi connectivity index (χ1n) is 21.7. The lowest BCUT2D eigenvalue weighted by Crippen LogP contribution is -2.59. The number of urea groups is 2. The van der Waals surface area contributed by atoms with E-state index >= 15 is 0 Å². The number of carbonyl (C=O) groups excluding carboxylic acids is 3. The summed E-state index contributed by atoms with van der Waals surface area (Å²) in [5, 5.41) is 9.97. The molecule has 6 aliphatic heterocycles. The Bertz CT molecular complexity index is 1280. The van der Waals surface area contributed by atoms with Crippen molar-refractivity contribution in [2.24, 2.45) is 0 Å². The van der Waals surface area contributed by atoms with E-state index in [2.05, 4.69) is 49.4 Å². The van der Waals surface area contributed by atoms with Crippen molar-refractivity contribution in [3.8, 4) is 0 Å². The van der Waals surface area contributed by atoms with Crippen molar-refractivity contribution in [2.75, 3.05) is 52.4 Å². The average molecular weight is 741 g/mol. The van der Waals surface area contributed by atoms with E-state index in [9.17, 15) is 14.4 Å². The molecule has 0 radical (unpaired) electrons. The highest BCUT2D eigenvalue weighted by Gasteiger charge is 2.47. The molecular formula is C41H72N8O4. The SMILES string of the molecule is CC(C)(C)OC(=O)N1CCC(C)(N2CCC(N3C(=O)N[C@H]4CCCC[C@@H]43)CC2)CC1.CC1(N2CCC(N3C(=O)N[C@H]4CCCC[C@@H]43)CC2)CCNCC1. The number of piperidine rings is 4. The summed E-state index contributed by atoms with van der Waals surface area (Å²) in [6.45, 7) is 18.7. The molecule has 12 heteroatoms. The number of likely N-dealkylation sites (tertiary alicyclic amines) is 3. The first kappa shape index (κ1) is 38.9. The highest BCUT2D eigenvalue weighted by molar-refractivity contribution is 5.78. The van der Waals surface area contributed by atoms with Crippen LogP contribution in [-0.2, 0) is 4.74 Å². The van der Waals surface area contributed by atoms with Crippen molar-refractivity contribution in [1.82, 2.24) is 40.4 Å². The van der Waals surface area contributed by atoms with Gasteiger partial charge in [-0.25, -0.2) is 14.4 Å². The number of hydrogen-bond acceptors (Lipinski definition) is 7. The second-order valence-corrected chi connectivity index (χ2v) is 19.3. The molecule has 300 valence electrons. The topological polar surface area (TPSA) is 113 Å². The highest BCUT2D eigenvalue weighted by atomic mass is 16.6. The van der Waals surface area contributed by atoms with Crippen LogP contribution in [-0.4, -0.2) is 148 Å². The summed E-state index contributed by atoms with van der Waals surface area (Å²) in [6.07, 6.45) is 18.4. The first-order chi connectivity index (χ1) is 25.3. The van der Waals surface area contributed by atoms with Gasteiger partial charge in [-0.05, 0) is 125 Å². The zero-order chi connectivity index (χ0) is 37.4. The predicted octanol–water partition coefficient (Wildman–Crippen LogP) is 5.51. The minimum absolute atomic E-state index is 0.129. The standard InChI is InChI=1S/C23H40N4O3.C18H32N4O/c1-22(2,3)30-21(29)25-15-11-23(4,12-16-25)26-13-9-17(10-14-26)27-19-8-6-5-7-18(19)24-20(27)28;1-18(8-10-19-11-9-18)21-12-6-14(7-13-21)22-16-5-3-2-4-15(16)20-17(22)23/h17-19H,5-16H2,1-4H3,(H,24,28);14-16,19H,2-13H2,1H3,(H,20,23)/t18-,19-;15-,16-/m00/s1. The van der Waals surface area contributed by atoms with Gasteiger partial charge < -0.3 is 35.4 Å². The minimum atomic E-state index is -0.446. The molecule has 4 atom stereocenters. The maximum atomic E-state index is 12.6. The molecule has 5 amide bonds.